The smallest absolute Gasteiger partial charge is 0.264 e. The summed E-state index contributed by atoms with van der Waals surface area (Å²) in [5.74, 6) is 0.259. The Balaban J connectivity index is 1.42. The second kappa shape index (κ2) is 12.9. The Labute approximate surface area is 241 Å². The fraction of sp³-hybridized carbons (Fsp3) is 0.219. The Morgan fingerprint density at radius 3 is 2.02 bits per heavy atom. The minimum absolute atomic E-state index is 0.0793. The molecule has 1 fully saturated rings. The van der Waals surface area contributed by atoms with Gasteiger partial charge in [0.25, 0.3) is 10.0 Å². The molecule has 0 spiro atoms. The molecular formula is C32H33N3O5S. The van der Waals surface area contributed by atoms with Gasteiger partial charge in [0.15, 0.2) is 0 Å². The van der Waals surface area contributed by atoms with Gasteiger partial charge in [-0.2, -0.15) is 0 Å². The van der Waals surface area contributed by atoms with Gasteiger partial charge in [0.2, 0.25) is 5.91 Å². The van der Waals surface area contributed by atoms with Gasteiger partial charge >= 0.3 is 0 Å². The highest BCUT2D eigenvalue weighted by molar-refractivity contribution is 7.92. The quantitative estimate of drug-likeness (QED) is 0.261. The first-order valence-electron chi connectivity index (χ1n) is 13.5. The highest BCUT2D eigenvalue weighted by atomic mass is 32.2. The summed E-state index contributed by atoms with van der Waals surface area (Å²) in [6.07, 6.45) is 0.200. The molecule has 0 aromatic heterocycles. The molecular weight excluding hydrogens is 538 g/mol. The van der Waals surface area contributed by atoms with E-state index in [9.17, 15) is 13.2 Å². The van der Waals surface area contributed by atoms with E-state index in [4.69, 9.17) is 9.47 Å². The second-order valence-corrected chi connectivity index (χ2v) is 11.4. The Morgan fingerprint density at radius 1 is 0.854 bits per heavy atom. The molecule has 0 radical (unpaired) electrons. The summed E-state index contributed by atoms with van der Waals surface area (Å²) < 4.78 is 40.7. The zero-order valence-corrected chi connectivity index (χ0v) is 23.6. The fourth-order valence-electron chi connectivity index (χ4n) is 4.94. The molecule has 0 bridgehead atoms. The van der Waals surface area contributed by atoms with Crippen LogP contribution in [0.5, 0.6) is 5.75 Å². The van der Waals surface area contributed by atoms with Crippen molar-refractivity contribution in [3.8, 4) is 5.75 Å². The Morgan fingerprint density at radius 2 is 1.44 bits per heavy atom. The van der Waals surface area contributed by atoms with E-state index in [1.165, 1.54) is 6.07 Å². The zero-order valence-electron chi connectivity index (χ0n) is 22.8. The maximum atomic E-state index is 13.7. The van der Waals surface area contributed by atoms with E-state index in [0.717, 1.165) is 11.1 Å². The molecule has 9 heteroatoms. The summed E-state index contributed by atoms with van der Waals surface area (Å²) >= 11 is 0. The van der Waals surface area contributed by atoms with Crippen LogP contribution in [0.3, 0.4) is 0 Å². The van der Waals surface area contributed by atoms with Gasteiger partial charge in [-0.05, 0) is 53.6 Å². The summed E-state index contributed by atoms with van der Waals surface area (Å²) in [6.45, 7) is 2.13. The molecule has 1 saturated heterocycles. The van der Waals surface area contributed by atoms with E-state index in [1.54, 1.807) is 43.5 Å². The number of hydrogen-bond acceptors (Lipinski definition) is 6. The first-order chi connectivity index (χ1) is 19.9. The summed E-state index contributed by atoms with van der Waals surface area (Å²) in [5, 5.41) is 2.94. The summed E-state index contributed by atoms with van der Waals surface area (Å²) in [5.41, 5.74) is 3.43. The number of anilines is 3. The van der Waals surface area contributed by atoms with Crippen LogP contribution >= 0.6 is 0 Å². The van der Waals surface area contributed by atoms with E-state index >= 15 is 0 Å². The number of amides is 1. The summed E-state index contributed by atoms with van der Waals surface area (Å²) in [4.78, 5) is 15.4. The van der Waals surface area contributed by atoms with Crippen LogP contribution in [-0.2, 0) is 19.6 Å². The van der Waals surface area contributed by atoms with Gasteiger partial charge in [0.05, 0.1) is 26.0 Å². The number of methoxy groups -OCH3 is 1. The molecule has 1 amide bonds. The van der Waals surface area contributed by atoms with E-state index in [-0.39, 0.29) is 23.1 Å². The SMILES string of the molecule is COc1ccc(NS(=O)(=O)c2cc(NC(=O)CC(c3ccccc3)c3ccccc3)ccc2N2CCOCC2)cc1. The van der Waals surface area contributed by atoms with Crippen LogP contribution in [0.15, 0.2) is 108 Å². The highest BCUT2D eigenvalue weighted by Crippen LogP contribution is 2.32. The van der Waals surface area contributed by atoms with Crippen molar-refractivity contribution in [2.24, 2.45) is 0 Å². The normalized spacial score (nSPS) is 13.6. The molecule has 4 aromatic carbocycles. The van der Waals surface area contributed by atoms with Crippen LogP contribution in [0.4, 0.5) is 17.1 Å². The number of morpholine rings is 1. The largest absolute Gasteiger partial charge is 0.497 e. The predicted octanol–water partition coefficient (Wildman–Crippen LogP) is 5.49. The maximum Gasteiger partial charge on any atom is 0.264 e. The van der Waals surface area contributed by atoms with Gasteiger partial charge in [0, 0.05) is 36.8 Å². The van der Waals surface area contributed by atoms with Crippen molar-refractivity contribution in [1.82, 2.24) is 0 Å². The third-order valence-corrected chi connectivity index (χ3v) is 8.43. The lowest BCUT2D eigenvalue weighted by atomic mass is 9.88. The molecule has 1 aliphatic heterocycles. The highest BCUT2D eigenvalue weighted by Gasteiger charge is 2.25. The molecule has 5 rings (SSSR count). The van der Waals surface area contributed by atoms with Gasteiger partial charge < -0.3 is 19.7 Å². The molecule has 212 valence electrons. The predicted molar refractivity (Wildman–Crippen MR) is 161 cm³/mol. The van der Waals surface area contributed by atoms with Crippen molar-refractivity contribution in [2.45, 2.75) is 17.2 Å². The lowest BCUT2D eigenvalue weighted by Gasteiger charge is -2.30. The number of carbonyl (C=O) groups is 1. The zero-order chi connectivity index (χ0) is 28.7. The molecule has 8 nitrogen and oxygen atoms in total. The van der Waals surface area contributed by atoms with Gasteiger partial charge in [-0.3, -0.25) is 9.52 Å². The van der Waals surface area contributed by atoms with E-state index < -0.39 is 10.0 Å². The number of nitrogens with one attached hydrogen (secondary N) is 2. The van der Waals surface area contributed by atoms with Crippen LogP contribution in [0.25, 0.3) is 0 Å². The minimum Gasteiger partial charge on any atom is -0.497 e. The van der Waals surface area contributed by atoms with E-state index in [0.29, 0.717) is 49.1 Å². The molecule has 41 heavy (non-hydrogen) atoms. The van der Waals surface area contributed by atoms with Crippen molar-refractivity contribution in [3.63, 3.8) is 0 Å². The van der Waals surface area contributed by atoms with E-state index in [2.05, 4.69) is 10.0 Å². The molecule has 0 atom stereocenters. The third-order valence-electron chi connectivity index (χ3n) is 7.02. The Kier molecular flexibility index (Phi) is 8.86. The lowest BCUT2D eigenvalue weighted by molar-refractivity contribution is -0.116. The second-order valence-electron chi connectivity index (χ2n) is 9.74. The molecule has 1 heterocycles. The topological polar surface area (TPSA) is 97.0 Å². The molecule has 4 aromatic rings. The van der Waals surface area contributed by atoms with Gasteiger partial charge in [-0.1, -0.05) is 60.7 Å². The number of carbonyl (C=O) groups excluding carboxylic acids is 1. The van der Waals surface area contributed by atoms with Crippen molar-refractivity contribution >= 4 is 33.0 Å². The Bertz CT molecular complexity index is 1520. The summed E-state index contributed by atoms with van der Waals surface area (Å²) in [7, 11) is -2.45. The Hall–Kier alpha value is -4.34. The monoisotopic (exact) mass is 571 g/mol. The number of ether oxygens (including phenoxy) is 2. The number of nitrogens with zero attached hydrogens (tertiary/aromatic N) is 1. The molecule has 1 aliphatic rings. The van der Waals surface area contributed by atoms with Gasteiger partial charge in [-0.15, -0.1) is 0 Å². The molecule has 0 aliphatic carbocycles. The summed E-state index contributed by atoms with van der Waals surface area (Å²) in [6, 6.07) is 31.5. The van der Waals surface area contributed by atoms with E-state index in [1.807, 2.05) is 65.6 Å². The fourth-order valence-corrected chi connectivity index (χ4v) is 6.25. The van der Waals surface area contributed by atoms with Crippen LogP contribution in [0.1, 0.15) is 23.5 Å². The molecule has 2 N–H and O–H groups in total. The van der Waals surface area contributed by atoms with Gasteiger partial charge in [-0.25, -0.2) is 8.42 Å². The number of rotatable bonds is 10. The first kappa shape index (κ1) is 28.2. The van der Waals surface area contributed by atoms with Crippen LogP contribution in [-0.4, -0.2) is 47.7 Å². The third kappa shape index (κ3) is 7.06. The molecule has 0 unspecified atom stereocenters. The minimum atomic E-state index is -4.00. The van der Waals surface area contributed by atoms with Crippen LogP contribution in [0.2, 0.25) is 0 Å². The van der Waals surface area contributed by atoms with Crippen molar-refractivity contribution in [2.75, 3.05) is 48.4 Å². The van der Waals surface area contributed by atoms with Crippen molar-refractivity contribution in [1.29, 1.82) is 0 Å². The first-order valence-corrected chi connectivity index (χ1v) is 14.9. The van der Waals surface area contributed by atoms with Crippen LogP contribution in [0, 0.1) is 0 Å². The average molecular weight is 572 g/mol. The maximum absolute atomic E-state index is 13.7. The average Bonchev–Trinajstić information content (AvgIpc) is 3.01. The number of hydrogen-bond donors (Lipinski definition) is 2. The number of sulfonamides is 1. The standard InChI is InChI=1S/C32H33N3O5S/c1-39-28-15-12-26(13-16-28)34-41(37,38)31-22-27(14-17-30(31)35-18-20-40-21-19-35)33-32(36)23-29(24-8-4-2-5-9-24)25-10-6-3-7-11-25/h2-17,22,29,34H,18-21,23H2,1H3,(H,33,36). The molecule has 0 saturated carbocycles. The van der Waals surface area contributed by atoms with Crippen LogP contribution < -0.4 is 19.7 Å². The van der Waals surface area contributed by atoms with Gasteiger partial charge in [0.1, 0.15) is 10.6 Å². The number of benzene rings is 4. The van der Waals surface area contributed by atoms with Crippen molar-refractivity contribution < 1.29 is 22.7 Å². The lowest BCUT2D eigenvalue weighted by Crippen LogP contribution is -2.37. The van der Waals surface area contributed by atoms with Crippen molar-refractivity contribution in [3.05, 3.63) is 114 Å².